The van der Waals surface area contributed by atoms with E-state index in [2.05, 4.69) is 26.0 Å². The Labute approximate surface area is 126 Å². The fourth-order valence-electron chi connectivity index (χ4n) is 2.77. The van der Waals surface area contributed by atoms with Crippen LogP contribution in [-0.4, -0.2) is 14.2 Å². The smallest absolute Gasteiger partial charge is 0.124 e. The Morgan fingerprint density at radius 3 is 2.10 bits per heavy atom. The first-order chi connectivity index (χ1) is 9.97. The van der Waals surface area contributed by atoms with E-state index in [1.807, 2.05) is 25.1 Å². The summed E-state index contributed by atoms with van der Waals surface area (Å²) in [5.74, 6) is 1.71. The molecule has 1 unspecified atom stereocenters. The molecule has 0 saturated carbocycles. The van der Waals surface area contributed by atoms with E-state index in [4.69, 9.17) is 15.2 Å². The molecule has 0 aliphatic carbocycles. The van der Waals surface area contributed by atoms with E-state index in [0.29, 0.717) is 0 Å². The van der Waals surface area contributed by atoms with Crippen molar-refractivity contribution in [3.8, 4) is 11.5 Å². The molecule has 0 heterocycles. The first-order valence-electron chi connectivity index (χ1n) is 7.03. The molecule has 21 heavy (non-hydrogen) atoms. The van der Waals surface area contributed by atoms with Gasteiger partial charge >= 0.3 is 0 Å². The predicted octanol–water partition coefficient (Wildman–Crippen LogP) is 3.68. The maximum Gasteiger partial charge on any atom is 0.124 e. The van der Waals surface area contributed by atoms with Crippen molar-refractivity contribution in [3.05, 3.63) is 58.1 Å². The van der Waals surface area contributed by atoms with Crippen molar-refractivity contribution >= 4 is 0 Å². The topological polar surface area (TPSA) is 44.5 Å². The van der Waals surface area contributed by atoms with Crippen LogP contribution in [0.4, 0.5) is 0 Å². The molecule has 3 heteroatoms. The van der Waals surface area contributed by atoms with Gasteiger partial charge in [-0.1, -0.05) is 18.2 Å². The van der Waals surface area contributed by atoms with Gasteiger partial charge < -0.3 is 15.2 Å². The highest BCUT2D eigenvalue weighted by Crippen LogP contribution is 2.33. The highest BCUT2D eigenvalue weighted by molar-refractivity contribution is 5.49. The maximum atomic E-state index is 6.48. The van der Waals surface area contributed by atoms with Crippen molar-refractivity contribution in [2.24, 2.45) is 5.73 Å². The minimum absolute atomic E-state index is 0.217. The third-order valence-corrected chi connectivity index (χ3v) is 3.80. The Kier molecular flexibility index (Phi) is 4.53. The summed E-state index contributed by atoms with van der Waals surface area (Å²) in [6.07, 6.45) is 0. The number of hydrogen-bond donors (Lipinski definition) is 1. The van der Waals surface area contributed by atoms with Gasteiger partial charge in [-0.3, -0.25) is 0 Å². The van der Waals surface area contributed by atoms with Crippen molar-refractivity contribution in [2.75, 3.05) is 14.2 Å². The van der Waals surface area contributed by atoms with Gasteiger partial charge in [0.05, 0.1) is 20.3 Å². The first kappa shape index (κ1) is 15.4. The summed E-state index contributed by atoms with van der Waals surface area (Å²) in [6.45, 7) is 6.15. The molecule has 0 saturated heterocycles. The molecule has 0 aliphatic heterocycles. The van der Waals surface area contributed by atoms with Crippen LogP contribution in [0.1, 0.15) is 33.9 Å². The van der Waals surface area contributed by atoms with Gasteiger partial charge in [-0.25, -0.2) is 0 Å². The Bertz CT molecular complexity index is 650. The van der Waals surface area contributed by atoms with E-state index in [1.54, 1.807) is 14.2 Å². The molecule has 112 valence electrons. The molecule has 0 aromatic heterocycles. The van der Waals surface area contributed by atoms with Crippen molar-refractivity contribution < 1.29 is 9.47 Å². The Hall–Kier alpha value is -2.00. The zero-order valence-electron chi connectivity index (χ0n) is 13.4. The molecule has 2 aromatic rings. The Balaban J connectivity index is 2.49. The molecule has 2 N–H and O–H groups in total. The minimum atomic E-state index is -0.217. The Morgan fingerprint density at radius 1 is 0.857 bits per heavy atom. The normalized spacial score (nSPS) is 12.1. The van der Waals surface area contributed by atoms with Crippen LogP contribution < -0.4 is 15.2 Å². The largest absolute Gasteiger partial charge is 0.496 e. The molecule has 0 aliphatic rings. The van der Waals surface area contributed by atoms with E-state index in [9.17, 15) is 0 Å². The average molecular weight is 285 g/mol. The fourth-order valence-corrected chi connectivity index (χ4v) is 2.77. The van der Waals surface area contributed by atoms with Gasteiger partial charge in [-0.05, 0) is 55.2 Å². The monoisotopic (exact) mass is 285 g/mol. The van der Waals surface area contributed by atoms with Crippen molar-refractivity contribution in [1.29, 1.82) is 0 Å². The average Bonchev–Trinajstić information content (AvgIpc) is 2.45. The Morgan fingerprint density at radius 2 is 1.52 bits per heavy atom. The van der Waals surface area contributed by atoms with E-state index >= 15 is 0 Å². The number of ether oxygens (including phenoxy) is 2. The summed E-state index contributed by atoms with van der Waals surface area (Å²) < 4.78 is 10.8. The summed E-state index contributed by atoms with van der Waals surface area (Å²) in [7, 11) is 3.36. The molecule has 0 spiro atoms. The van der Waals surface area contributed by atoms with Crippen LogP contribution in [0, 0.1) is 20.8 Å². The zero-order chi connectivity index (χ0) is 15.6. The lowest BCUT2D eigenvalue weighted by Gasteiger charge is -2.20. The first-order valence-corrected chi connectivity index (χ1v) is 7.03. The molecular weight excluding hydrogens is 262 g/mol. The summed E-state index contributed by atoms with van der Waals surface area (Å²) in [4.78, 5) is 0. The molecule has 0 radical (unpaired) electrons. The highest BCUT2D eigenvalue weighted by Gasteiger charge is 2.18. The van der Waals surface area contributed by atoms with Crippen molar-refractivity contribution in [1.82, 2.24) is 0 Å². The van der Waals surface area contributed by atoms with Gasteiger partial charge in [0.25, 0.3) is 0 Å². The van der Waals surface area contributed by atoms with Gasteiger partial charge in [0.1, 0.15) is 11.5 Å². The SMILES string of the molecule is COc1ccc(C(N)c2c(C)cc(C)cc2OC)cc1C. The molecule has 3 nitrogen and oxygen atoms in total. The number of hydrogen-bond acceptors (Lipinski definition) is 3. The van der Waals surface area contributed by atoms with Crippen LogP contribution in [0.3, 0.4) is 0 Å². The van der Waals surface area contributed by atoms with E-state index in [1.165, 1.54) is 5.56 Å². The molecular formula is C18H23NO2. The number of rotatable bonds is 4. The lowest BCUT2D eigenvalue weighted by Crippen LogP contribution is -2.15. The van der Waals surface area contributed by atoms with Crippen LogP contribution in [0.25, 0.3) is 0 Å². The minimum Gasteiger partial charge on any atom is -0.496 e. The third kappa shape index (κ3) is 3.03. The number of aryl methyl sites for hydroxylation is 3. The van der Waals surface area contributed by atoms with Crippen LogP contribution in [0.2, 0.25) is 0 Å². The zero-order valence-corrected chi connectivity index (χ0v) is 13.4. The second-order valence-corrected chi connectivity index (χ2v) is 5.40. The second kappa shape index (κ2) is 6.19. The summed E-state index contributed by atoms with van der Waals surface area (Å²) in [5.41, 5.74) is 12.0. The van der Waals surface area contributed by atoms with Crippen LogP contribution in [0.5, 0.6) is 11.5 Å². The molecule has 2 aromatic carbocycles. The lowest BCUT2D eigenvalue weighted by molar-refractivity contribution is 0.406. The van der Waals surface area contributed by atoms with Crippen LogP contribution >= 0.6 is 0 Å². The highest BCUT2D eigenvalue weighted by atomic mass is 16.5. The predicted molar refractivity (Wildman–Crippen MR) is 86.2 cm³/mol. The van der Waals surface area contributed by atoms with E-state index in [0.717, 1.165) is 33.8 Å². The summed E-state index contributed by atoms with van der Waals surface area (Å²) in [5, 5.41) is 0. The van der Waals surface area contributed by atoms with Gasteiger partial charge in [0.15, 0.2) is 0 Å². The van der Waals surface area contributed by atoms with Gasteiger partial charge in [0.2, 0.25) is 0 Å². The quantitative estimate of drug-likeness (QED) is 0.932. The van der Waals surface area contributed by atoms with E-state index < -0.39 is 0 Å². The summed E-state index contributed by atoms with van der Waals surface area (Å²) in [6, 6.07) is 9.98. The molecule has 0 amide bonds. The van der Waals surface area contributed by atoms with E-state index in [-0.39, 0.29) is 6.04 Å². The molecule has 2 rings (SSSR count). The molecule has 0 fully saturated rings. The molecule has 1 atom stereocenters. The fraction of sp³-hybridized carbons (Fsp3) is 0.333. The number of methoxy groups -OCH3 is 2. The maximum absolute atomic E-state index is 6.48. The standard InChI is InChI=1S/C18H23NO2/c1-11-8-13(3)17(16(9-11)21-5)18(19)14-6-7-15(20-4)12(2)10-14/h6-10,18H,19H2,1-5H3. The number of nitrogens with two attached hydrogens (primary N) is 1. The van der Waals surface area contributed by atoms with Gasteiger partial charge in [0, 0.05) is 5.56 Å². The second-order valence-electron chi connectivity index (χ2n) is 5.40. The van der Waals surface area contributed by atoms with Crippen molar-refractivity contribution in [3.63, 3.8) is 0 Å². The van der Waals surface area contributed by atoms with Gasteiger partial charge in [-0.2, -0.15) is 0 Å². The lowest BCUT2D eigenvalue weighted by atomic mass is 9.92. The third-order valence-electron chi connectivity index (χ3n) is 3.80. The molecule has 0 bridgehead atoms. The number of benzene rings is 2. The summed E-state index contributed by atoms with van der Waals surface area (Å²) >= 11 is 0. The van der Waals surface area contributed by atoms with Crippen LogP contribution in [-0.2, 0) is 0 Å². The van der Waals surface area contributed by atoms with Crippen molar-refractivity contribution in [2.45, 2.75) is 26.8 Å². The van der Waals surface area contributed by atoms with Gasteiger partial charge in [-0.15, -0.1) is 0 Å². The van der Waals surface area contributed by atoms with Crippen LogP contribution in [0.15, 0.2) is 30.3 Å².